The second-order valence-corrected chi connectivity index (χ2v) is 6.66. The molecule has 3 rings (SSSR count). The molecule has 1 amide bonds. The number of nitrogens with one attached hydrogen (secondary N) is 1. The quantitative estimate of drug-likeness (QED) is 0.841. The van der Waals surface area contributed by atoms with Crippen LogP contribution in [-0.4, -0.2) is 31.3 Å². The number of ether oxygens (including phenoxy) is 2. The zero-order chi connectivity index (χ0) is 16.2. The van der Waals surface area contributed by atoms with Gasteiger partial charge in [0.15, 0.2) is 0 Å². The molecule has 1 saturated heterocycles. The van der Waals surface area contributed by atoms with E-state index in [2.05, 4.69) is 24.4 Å². The van der Waals surface area contributed by atoms with E-state index in [-0.39, 0.29) is 5.91 Å². The lowest BCUT2D eigenvalue weighted by molar-refractivity contribution is -0.124. The van der Waals surface area contributed by atoms with Crippen LogP contribution >= 0.6 is 0 Å². The molecule has 4 nitrogen and oxygen atoms in total. The van der Waals surface area contributed by atoms with Crippen LogP contribution in [-0.2, 0) is 16.0 Å². The molecule has 0 bridgehead atoms. The third-order valence-electron chi connectivity index (χ3n) is 5.02. The van der Waals surface area contributed by atoms with E-state index in [0.717, 1.165) is 43.6 Å². The molecule has 3 atom stereocenters. The Labute approximate surface area is 138 Å². The minimum absolute atomic E-state index is 0.183. The van der Waals surface area contributed by atoms with Crippen LogP contribution in [0, 0.1) is 12.8 Å². The molecule has 1 aromatic rings. The molecular weight excluding hydrogens is 290 g/mol. The van der Waals surface area contributed by atoms with Crippen molar-refractivity contribution in [3.63, 3.8) is 0 Å². The molecule has 2 fully saturated rings. The van der Waals surface area contributed by atoms with Crippen LogP contribution in [0.25, 0.3) is 0 Å². The van der Waals surface area contributed by atoms with Crippen molar-refractivity contribution in [2.75, 3.05) is 13.2 Å². The standard InChI is InChI=1S/C19H27NO3/c1-3-22-17-8-7-14(11-13(17)2)5-4-6-19(21)20-16-12-18-15(16)9-10-23-18/h7-8,11,15-16,18H,3-6,9-10,12H2,1-2H3,(H,20,21)/t15-,16+,18+/m1/s1. The van der Waals surface area contributed by atoms with E-state index in [1.165, 1.54) is 5.56 Å². The predicted molar refractivity (Wildman–Crippen MR) is 89.7 cm³/mol. The largest absolute Gasteiger partial charge is 0.494 e. The van der Waals surface area contributed by atoms with Crippen LogP contribution in [0.15, 0.2) is 18.2 Å². The number of carbonyl (C=O) groups is 1. The van der Waals surface area contributed by atoms with Crippen LogP contribution < -0.4 is 10.1 Å². The summed E-state index contributed by atoms with van der Waals surface area (Å²) in [5, 5.41) is 3.17. The topological polar surface area (TPSA) is 47.6 Å². The van der Waals surface area contributed by atoms with Crippen molar-refractivity contribution in [2.24, 2.45) is 5.92 Å². The Morgan fingerprint density at radius 3 is 3.04 bits per heavy atom. The molecule has 1 N–H and O–H groups in total. The van der Waals surface area contributed by atoms with Crippen molar-refractivity contribution >= 4 is 5.91 Å². The summed E-state index contributed by atoms with van der Waals surface area (Å²) in [6.45, 7) is 5.61. The average Bonchev–Trinajstić information content (AvgIpc) is 2.89. The summed E-state index contributed by atoms with van der Waals surface area (Å²) in [5.41, 5.74) is 2.43. The second-order valence-electron chi connectivity index (χ2n) is 6.66. The van der Waals surface area contributed by atoms with Crippen LogP contribution in [0.2, 0.25) is 0 Å². The van der Waals surface area contributed by atoms with E-state index in [1.807, 2.05) is 13.0 Å². The van der Waals surface area contributed by atoms with E-state index in [9.17, 15) is 4.79 Å². The minimum Gasteiger partial charge on any atom is -0.494 e. The van der Waals surface area contributed by atoms with E-state index in [1.54, 1.807) is 0 Å². The van der Waals surface area contributed by atoms with Crippen LogP contribution in [0.4, 0.5) is 0 Å². The summed E-state index contributed by atoms with van der Waals surface area (Å²) in [7, 11) is 0. The van der Waals surface area contributed by atoms with Crippen molar-refractivity contribution in [3.8, 4) is 5.75 Å². The van der Waals surface area contributed by atoms with Gasteiger partial charge in [0, 0.05) is 25.0 Å². The number of carbonyl (C=O) groups excluding carboxylic acids is 1. The first-order valence-corrected chi connectivity index (χ1v) is 8.80. The van der Waals surface area contributed by atoms with Gasteiger partial charge in [-0.15, -0.1) is 0 Å². The average molecular weight is 317 g/mol. The highest BCUT2D eigenvalue weighted by Gasteiger charge is 2.45. The molecule has 0 spiro atoms. The van der Waals surface area contributed by atoms with E-state index < -0.39 is 0 Å². The van der Waals surface area contributed by atoms with Crippen molar-refractivity contribution in [1.29, 1.82) is 0 Å². The third-order valence-corrected chi connectivity index (χ3v) is 5.02. The molecular formula is C19H27NO3. The molecule has 2 aliphatic rings. The molecule has 4 heteroatoms. The van der Waals surface area contributed by atoms with Crippen LogP contribution in [0.3, 0.4) is 0 Å². The Bertz CT molecular complexity index is 558. The fourth-order valence-corrected chi connectivity index (χ4v) is 3.68. The Balaban J connectivity index is 1.39. The van der Waals surface area contributed by atoms with Gasteiger partial charge in [-0.3, -0.25) is 4.79 Å². The molecule has 1 aromatic carbocycles. The third kappa shape index (κ3) is 3.86. The Morgan fingerprint density at radius 1 is 1.43 bits per heavy atom. The summed E-state index contributed by atoms with van der Waals surface area (Å²) < 4.78 is 11.1. The molecule has 126 valence electrons. The minimum atomic E-state index is 0.183. The number of aryl methyl sites for hydroxylation is 2. The van der Waals surface area contributed by atoms with Crippen molar-refractivity contribution in [1.82, 2.24) is 5.32 Å². The van der Waals surface area contributed by atoms with Gasteiger partial charge in [-0.1, -0.05) is 12.1 Å². The van der Waals surface area contributed by atoms with Gasteiger partial charge in [-0.2, -0.15) is 0 Å². The molecule has 0 unspecified atom stereocenters. The van der Waals surface area contributed by atoms with Gasteiger partial charge in [0.25, 0.3) is 0 Å². The SMILES string of the molecule is CCOc1ccc(CCCC(=O)N[C@H]2C[C@@H]3OCC[C@H]23)cc1C. The summed E-state index contributed by atoms with van der Waals surface area (Å²) in [5.74, 6) is 1.70. The molecule has 0 radical (unpaired) electrons. The molecule has 23 heavy (non-hydrogen) atoms. The fourth-order valence-electron chi connectivity index (χ4n) is 3.68. The van der Waals surface area contributed by atoms with E-state index in [0.29, 0.717) is 31.1 Å². The smallest absolute Gasteiger partial charge is 0.220 e. The molecule has 0 aromatic heterocycles. The maximum atomic E-state index is 12.1. The number of fused-ring (bicyclic) bond motifs is 1. The summed E-state index contributed by atoms with van der Waals surface area (Å²) in [4.78, 5) is 12.1. The number of hydrogen-bond acceptors (Lipinski definition) is 3. The first-order chi connectivity index (χ1) is 11.2. The highest BCUT2D eigenvalue weighted by Crippen LogP contribution is 2.38. The Morgan fingerprint density at radius 2 is 2.30 bits per heavy atom. The number of amides is 1. The fraction of sp³-hybridized carbons (Fsp3) is 0.632. The number of hydrogen-bond donors (Lipinski definition) is 1. The molecule has 1 aliphatic heterocycles. The summed E-state index contributed by atoms with van der Waals surface area (Å²) >= 11 is 0. The number of rotatable bonds is 7. The monoisotopic (exact) mass is 317 g/mol. The zero-order valence-electron chi connectivity index (χ0n) is 14.1. The molecule has 1 aliphatic carbocycles. The lowest BCUT2D eigenvalue weighted by atomic mass is 9.76. The Hall–Kier alpha value is -1.55. The highest BCUT2D eigenvalue weighted by atomic mass is 16.5. The van der Waals surface area contributed by atoms with Gasteiger partial charge in [0.05, 0.1) is 12.7 Å². The maximum absolute atomic E-state index is 12.1. The van der Waals surface area contributed by atoms with Gasteiger partial charge < -0.3 is 14.8 Å². The molecule has 1 saturated carbocycles. The second kappa shape index (κ2) is 7.35. The lowest BCUT2D eigenvalue weighted by Crippen LogP contribution is -2.53. The van der Waals surface area contributed by atoms with Gasteiger partial charge in [0.2, 0.25) is 5.91 Å². The summed E-state index contributed by atoms with van der Waals surface area (Å²) in [6, 6.07) is 6.64. The van der Waals surface area contributed by atoms with Gasteiger partial charge in [0.1, 0.15) is 5.75 Å². The normalized spacial score (nSPS) is 25.6. The maximum Gasteiger partial charge on any atom is 0.220 e. The first kappa shape index (κ1) is 16.3. The van der Waals surface area contributed by atoms with Crippen LogP contribution in [0.5, 0.6) is 5.75 Å². The highest BCUT2D eigenvalue weighted by molar-refractivity contribution is 5.76. The lowest BCUT2D eigenvalue weighted by Gasteiger charge is -2.39. The zero-order valence-corrected chi connectivity index (χ0v) is 14.1. The van der Waals surface area contributed by atoms with Crippen LogP contribution in [0.1, 0.15) is 43.7 Å². The van der Waals surface area contributed by atoms with Crippen molar-refractivity contribution < 1.29 is 14.3 Å². The predicted octanol–water partition coefficient (Wildman–Crippen LogP) is 3.01. The van der Waals surface area contributed by atoms with Gasteiger partial charge >= 0.3 is 0 Å². The molecule has 1 heterocycles. The van der Waals surface area contributed by atoms with Crippen molar-refractivity contribution in [2.45, 2.75) is 58.1 Å². The van der Waals surface area contributed by atoms with E-state index in [4.69, 9.17) is 9.47 Å². The Kier molecular flexibility index (Phi) is 5.21. The first-order valence-electron chi connectivity index (χ1n) is 8.80. The van der Waals surface area contributed by atoms with E-state index >= 15 is 0 Å². The number of benzene rings is 1. The van der Waals surface area contributed by atoms with Gasteiger partial charge in [-0.05, 0) is 56.7 Å². The van der Waals surface area contributed by atoms with Gasteiger partial charge in [-0.25, -0.2) is 0 Å². The summed E-state index contributed by atoms with van der Waals surface area (Å²) in [6.07, 6.45) is 4.92. The van der Waals surface area contributed by atoms with Crippen molar-refractivity contribution in [3.05, 3.63) is 29.3 Å².